The Balaban J connectivity index is 1.79. The van der Waals surface area contributed by atoms with Gasteiger partial charge in [-0.05, 0) is 30.5 Å². The van der Waals surface area contributed by atoms with Crippen LogP contribution in [0.4, 0.5) is 5.69 Å². The van der Waals surface area contributed by atoms with Gasteiger partial charge in [-0.15, -0.1) is 11.8 Å². The predicted octanol–water partition coefficient (Wildman–Crippen LogP) is 3.89. The average Bonchev–Trinajstić information content (AvgIpc) is 3.04. The number of ether oxygens (including phenoxy) is 1. The van der Waals surface area contributed by atoms with Crippen LogP contribution in [-0.2, 0) is 20.1 Å². The van der Waals surface area contributed by atoms with Gasteiger partial charge in [0, 0.05) is 12.2 Å². The maximum atomic E-state index is 13.1. The Hall–Kier alpha value is -2.27. The van der Waals surface area contributed by atoms with Gasteiger partial charge >= 0.3 is 5.97 Å². The van der Waals surface area contributed by atoms with E-state index in [1.54, 1.807) is 16.7 Å². The first kappa shape index (κ1) is 18.5. The molecule has 0 aliphatic carbocycles. The zero-order valence-electron chi connectivity index (χ0n) is 15.1. The number of carbonyl (C=O) groups excluding carboxylic acids is 2. The highest BCUT2D eigenvalue weighted by atomic mass is 32.2. The van der Waals surface area contributed by atoms with Gasteiger partial charge in [0.25, 0.3) is 0 Å². The van der Waals surface area contributed by atoms with Crippen molar-refractivity contribution in [1.29, 1.82) is 0 Å². The molecule has 0 saturated carbocycles. The Morgan fingerprint density at radius 2 is 1.81 bits per heavy atom. The van der Waals surface area contributed by atoms with Crippen molar-refractivity contribution in [3.8, 4) is 0 Å². The molecule has 0 bridgehead atoms. The van der Waals surface area contributed by atoms with E-state index in [1.165, 1.54) is 5.56 Å². The molecule has 4 nitrogen and oxygen atoms in total. The molecule has 1 fully saturated rings. The number of carbonyl (C=O) groups is 2. The zero-order valence-corrected chi connectivity index (χ0v) is 15.9. The van der Waals surface area contributed by atoms with Gasteiger partial charge in [-0.1, -0.05) is 48.5 Å². The summed E-state index contributed by atoms with van der Waals surface area (Å²) in [4.78, 5) is 26.9. The van der Waals surface area contributed by atoms with Crippen molar-refractivity contribution in [1.82, 2.24) is 0 Å². The molecule has 2 aromatic rings. The smallest absolute Gasteiger partial charge is 0.329 e. The Kier molecular flexibility index (Phi) is 5.99. The molecule has 0 aromatic heterocycles. The summed E-state index contributed by atoms with van der Waals surface area (Å²) < 4.78 is 5.13. The molecule has 2 aromatic carbocycles. The number of hydrogen-bond acceptors (Lipinski definition) is 4. The maximum Gasteiger partial charge on any atom is 0.329 e. The molecule has 3 rings (SSSR count). The number of para-hydroxylation sites is 1. The first-order chi connectivity index (χ1) is 12.6. The molecule has 1 aliphatic rings. The number of amides is 1. The van der Waals surface area contributed by atoms with Crippen LogP contribution >= 0.6 is 11.8 Å². The first-order valence-electron chi connectivity index (χ1n) is 8.74. The second-order valence-corrected chi connectivity index (χ2v) is 7.44. The van der Waals surface area contributed by atoms with Gasteiger partial charge in [0.15, 0.2) is 0 Å². The van der Waals surface area contributed by atoms with Gasteiger partial charge in [0.05, 0.1) is 18.0 Å². The van der Waals surface area contributed by atoms with E-state index >= 15 is 0 Å². The highest BCUT2D eigenvalue weighted by Gasteiger charge is 2.37. The number of benzene rings is 2. The lowest BCUT2D eigenvalue weighted by molar-refractivity contribution is -0.140. The van der Waals surface area contributed by atoms with Crippen LogP contribution in [0.5, 0.6) is 0 Å². The Labute approximate surface area is 158 Å². The minimum Gasteiger partial charge on any atom is -0.464 e. The fourth-order valence-corrected chi connectivity index (χ4v) is 4.10. The second kappa shape index (κ2) is 8.41. The number of cyclic esters (lactones) is 1. The van der Waals surface area contributed by atoms with Gasteiger partial charge in [-0.3, -0.25) is 9.69 Å². The van der Waals surface area contributed by atoms with E-state index in [0.29, 0.717) is 18.8 Å². The fourth-order valence-electron chi connectivity index (χ4n) is 3.26. The van der Waals surface area contributed by atoms with Gasteiger partial charge in [-0.2, -0.15) is 0 Å². The molecule has 1 heterocycles. The molecule has 0 N–H and O–H groups in total. The molecule has 0 spiro atoms. The monoisotopic (exact) mass is 369 g/mol. The summed E-state index contributed by atoms with van der Waals surface area (Å²) in [6.45, 7) is 4.31. The third-order valence-electron chi connectivity index (χ3n) is 4.51. The van der Waals surface area contributed by atoms with Crippen LogP contribution in [0.2, 0.25) is 0 Å². The van der Waals surface area contributed by atoms with E-state index < -0.39 is 6.04 Å². The summed E-state index contributed by atoms with van der Waals surface area (Å²) in [6, 6.07) is 15.5. The summed E-state index contributed by atoms with van der Waals surface area (Å²) in [5, 5.41) is 0. The molecule has 5 heteroatoms. The molecule has 1 atom stereocenters. The lowest BCUT2D eigenvalue weighted by Crippen LogP contribution is -2.45. The fraction of sp³-hybridized carbons (Fsp3) is 0.333. The maximum absolute atomic E-state index is 13.1. The van der Waals surface area contributed by atoms with Gasteiger partial charge < -0.3 is 4.74 Å². The van der Waals surface area contributed by atoms with Crippen molar-refractivity contribution in [2.24, 2.45) is 0 Å². The van der Waals surface area contributed by atoms with Crippen molar-refractivity contribution < 1.29 is 14.3 Å². The van der Waals surface area contributed by atoms with E-state index in [4.69, 9.17) is 4.74 Å². The molecular weight excluding hydrogens is 346 g/mol. The molecular formula is C21H23NO3S. The van der Waals surface area contributed by atoms with Gasteiger partial charge in [-0.25, -0.2) is 4.79 Å². The summed E-state index contributed by atoms with van der Waals surface area (Å²) in [6.07, 6.45) is 0.543. The van der Waals surface area contributed by atoms with E-state index in [9.17, 15) is 9.59 Å². The van der Waals surface area contributed by atoms with Crippen LogP contribution in [-0.4, -0.2) is 30.3 Å². The quantitative estimate of drug-likeness (QED) is 0.725. The Morgan fingerprint density at radius 3 is 2.42 bits per heavy atom. The summed E-state index contributed by atoms with van der Waals surface area (Å²) >= 11 is 1.57. The highest BCUT2D eigenvalue weighted by Crippen LogP contribution is 2.30. The van der Waals surface area contributed by atoms with E-state index in [0.717, 1.165) is 22.6 Å². The molecule has 136 valence electrons. The van der Waals surface area contributed by atoms with Crippen LogP contribution in [0.3, 0.4) is 0 Å². The summed E-state index contributed by atoms with van der Waals surface area (Å²) in [5.74, 6) is 0.732. The molecule has 26 heavy (non-hydrogen) atoms. The van der Waals surface area contributed by atoms with Crippen molar-refractivity contribution in [3.63, 3.8) is 0 Å². The molecule has 1 aliphatic heterocycles. The van der Waals surface area contributed by atoms with Crippen LogP contribution in [0.25, 0.3) is 0 Å². The van der Waals surface area contributed by atoms with Crippen LogP contribution in [0.15, 0.2) is 48.5 Å². The molecule has 1 unspecified atom stereocenters. The third kappa shape index (κ3) is 4.10. The number of esters is 1. The number of thioether (sulfide) groups is 1. The van der Waals surface area contributed by atoms with E-state index in [-0.39, 0.29) is 11.9 Å². The second-order valence-electron chi connectivity index (χ2n) is 6.45. The third-order valence-corrected chi connectivity index (χ3v) is 5.49. The van der Waals surface area contributed by atoms with E-state index in [1.807, 2.05) is 50.2 Å². The topological polar surface area (TPSA) is 46.6 Å². The molecule has 1 amide bonds. The zero-order chi connectivity index (χ0) is 18.5. The normalized spacial score (nSPS) is 16.4. The van der Waals surface area contributed by atoms with Gasteiger partial charge in [0.1, 0.15) is 6.04 Å². The Morgan fingerprint density at radius 1 is 1.12 bits per heavy atom. The van der Waals surface area contributed by atoms with Crippen LogP contribution in [0, 0.1) is 13.8 Å². The largest absolute Gasteiger partial charge is 0.464 e. The lowest BCUT2D eigenvalue weighted by atomic mass is 10.0. The van der Waals surface area contributed by atoms with Crippen molar-refractivity contribution in [2.45, 2.75) is 32.1 Å². The molecule has 0 radical (unpaired) electrons. The first-order valence-corrected chi connectivity index (χ1v) is 9.90. The molecule has 1 saturated heterocycles. The summed E-state index contributed by atoms with van der Waals surface area (Å²) in [7, 11) is 0. The number of nitrogens with zero attached hydrogens (tertiary/aromatic N) is 1. The van der Waals surface area contributed by atoms with Gasteiger partial charge in [0.2, 0.25) is 5.91 Å². The van der Waals surface area contributed by atoms with E-state index in [2.05, 4.69) is 12.1 Å². The number of hydrogen-bond donors (Lipinski definition) is 0. The standard InChI is InChI=1S/C21H23NO3S/c1-15-7-6-8-16(2)20(15)22(18-11-12-25-21(18)24)19(23)14-26-13-17-9-4-3-5-10-17/h3-10,18H,11-14H2,1-2H3. The number of aryl methyl sites for hydroxylation is 2. The summed E-state index contributed by atoms with van der Waals surface area (Å²) in [5.41, 5.74) is 4.00. The Bertz CT molecular complexity index is 771. The van der Waals surface area contributed by atoms with Crippen LogP contribution < -0.4 is 4.90 Å². The lowest BCUT2D eigenvalue weighted by Gasteiger charge is -2.29. The minimum absolute atomic E-state index is 0.0489. The highest BCUT2D eigenvalue weighted by molar-refractivity contribution is 7.99. The minimum atomic E-state index is -0.528. The number of rotatable bonds is 6. The van der Waals surface area contributed by atoms with Crippen molar-refractivity contribution >= 4 is 29.3 Å². The average molecular weight is 369 g/mol. The number of anilines is 1. The SMILES string of the molecule is Cc1cccc(C)c1N(C(=O)CSCc1ccccc1)C1CCOC1=O. The predicted molar refractivity (Wildman–Crippen MR) is 105 cm³/mol. The van der Waals surface area contributed by atoms with Crippen LogP contribution in [0.1, 0.15) is 23.1 Å². The van der Waals surface area contributed by atoms with Crippen molar-refractivity contribution in [3.05, 3.63) is 65.2 Å². The van der Waals surface area contributed by atoms with Crippen molar-refractivity contribution in [2.75, 3.05) is 17.3 Å².